The van der Waals surface area contributed by atoms with Crippen LogP contribution in [0.3, 0.4) is 0 Å². The highest BCUT2D eigenvalue weighted by atomic mass is 15.1. The van der Waals surface area contributed by atoms with Gasteiger partial charge in [-0.15, -0.1) is 0 Å². The van der Waals surface area contributed by atoms with Crippen LogP contribution in [0.4, 0.5) is 17.1 Å². The van der Waals surface area contributed by atoms with Gasteiger partial charge in [0.2, 0.25) is 0 Å². The normalized spacial score (nSPS) is 11.4. The highest BCUT2D eigenvalue weighted by molar-refractivity contribution is 6.18. The first-order valence-electron chi connectivity index (χ1n) is 18.3. The molecule has 0 fully saturated rings. The zero-order chi connectivity index (χ0) is 35.1. The van der Waals surface area contributed by atoms with Gasteiger partial charge in [-0.25, -0.2) is 0 Å². The molecule has 0 aliphatic carbocycles. The largest absolute Gasteiger partial charge is 0.310 e. The molecule has 1 heteroatoms. The van der Waals surface area contributed by atoms with Crippen LogP contribution < -0.4 is 4.90 Å². The number of hydrogen-bond acceptors (Lipinski definition) is 1. The van der Waals surface area contributed by atoms with Crippen molar-refractivity contribution in [1.29, 1.82) is 0 Å². The van der Waals surface area contributed by atoms with Crippen molar-refractivity contribution in [3.63, 3.8) is 0 Å². The zero-order valence-electron chi connectivity index (χ0n) is 29.2. The van der Waals surface area contributed by atoms with Crippen LogP contribution in [0.25, 0.3) is 76.5 Å². The zero-order valence-corrected chi connectivity index (χ0v) is 29.2. The third-order valence-electron chi connectivity index (χ3n) is 10.6. The van der Waals surface area contributed by atoms with E-state index in [0.717, 1.165) is 17.1 Å². The second-order valence-corrected chi connectivity index (χ2v) is 13.7. The molecule has 0 amide bonds. The summed E-state index contributed by atoms with van der Waals surface area (Å²) in [5.74, 6) is 0. The fourth-order valence-corrected chi connectivity index (χ4v) is 8.03. The van der Waals surface area contributed by atoms with Crippen molar-refractivity contribution in [3.05, 3.63) is 212 Å². The number of benzene rings is 10. The number of anilines is 3. The lowest BCUT2D eigenvalue weighted by Crippen LogP contribution is -2.10. The monoisotopic (exact) mass is 673 g/mol. The molecule has 0 aliphatic heterocycles. The van der Waals surface area contributed by atoms with Crippen LogP contribution in [0.1, 0.15) is 0 Å². The Morgan fingerprint density at radius 3 is 1.55 bits per heavy atom. The molecule has 0 atom stereocenters. The number of rotatable bonds is 6. The summed E-state index contributed by atoms with van der Waals surface area (Å²) in [5, 5.41) is 10.1. The molecule has 1 nitrogen and oxygen atoms in total. The van der Waals surface area contributed by atoms with E-state index in [1.807, 2.05) is 0 Å². The van der Waals surface area contributed by atoms with E-state index < -0.39 is 0 Å². The molecule has 0 heterocycles. The maximum atomic E-state index is 2.41. The van der Waals surface area contributed by atoms with Gasteiger partial charge in [0.15, 0.2) is 0 Å². The first-order valence-corrected chi connectivity index (χ1v) is 18.3. The maximum absolute atomic E-state index is 2.41. The molecule has 0 unspecified atom stereocenters. The van der Waals surface area contributed by atoms with E-state index in [1.54, 1.807) is 0 Å². The standard InChI is InChI=1S/C52H35N/c1-3-12-36(13-4-1)38-24-28-43(29-25-38)53(44-18-11-17-41(34-44)37-14-5-2-6-15-37)52-33-32-46(47-20-9-10-21-50(47)52)42-23-22-40-27-30-48-45-19-8-7-16-39(45)26-31-49(48)51(40)35-42/h1-35H. The summed E-state index contributed by atoms with van der Waals surface area (Å²) in [6.45, 7) is 0. The van der Waals surface area contributed by atoms with Gasteiger partial charge in [0.1, 0.15) is 0 Å². The third kappa shape index (κ3) is 5.51. The van der Waals surface area contributed by atoms with Crippen LogP contribution >= 0.6 is 0 Å². The van der Waals surface area contributed by atoms with Crippen molar-refractivity contribution in [3.8, 4) is 33.4 Å². The van der Waals surface area contributed by atoms with Crippen LogP contribution in [0, 0.1) is 0 Å². The van der Waals surface area contributed by atoms with E-state index in [1.165, 1.54) is 76.5 Å². The summed E-state index contributed by atoms with van der Waals surface area (Å²) in [4.78, 5) is 2.41. The molecule has 10 rings (SSSR count). The minimum atomic E-state index is 1.11. The topological polar surface area (TPSA) is 3.24 Å². The number of hydrogen-bond donors (Lipinski definition) is 0. The first-order chi connectivity index (χ1) is 26.3. The molecule has 0 bridgehead atoms. The van der Waals surface area contributed by atoms with Gasteiger partial charge in [-0.1, -0.05) is 176 Å². The summed E-state index contributed by atoms with van der Waals surface area (Å²) in [7, 11) is 0. The van der Waals surface area contributed by atoms with E-state index in [9.17, 15) is 0 Å². The fraction of sp³-hybridized carbons (Fsp3) is 0. The van der Waals surface area contributed by atoms with Crippen molar-refractivity contribution < 1.29 is 0 Å². The lowest BCUT2D eigenvalue weighted by molar-refractivity contribution is 1.30. The molecular formula is C52H35N. The van der Waals surface area contributed by atoms with E-state index >= 15 is 0 Å². The Morgan fingerprint density at radius 2 is 0.792 bits per heavy atom. The SMILES string of the molecule is c1ccc(-c2ccc(N(c3cccc(-c4ccccc4)c3)c3ccc(-c4ccc5ccc6c7ccccc7ccc6c5c4)c4ccccc34)cc2)cc1. The van der Waals surface area contributed by atoms with Crippen LogP contribution in [-0.4, -0.2) is 0 Å². The van der Waals surface area contributed by atoms with Crippen molar-refractivity contribution in [2.75, 3.05) is 4.90 Å². The lowest BCUT2D eigenvalue weighted by Gasteiger charge is -2.28. The van der Waals surface area contributed by atoms with Gasteiger partial charge < -0.3 is 4.90 Å². The van der Waals surface area contributed by atoms with Crippen molar-refractivity contribution in [1.82, 2.24) is 0 Å². The summed E-state index contributed by atoms with van der Waals surface area (Å²) in [6, 6.07) is 77.2. The van der Waals surface area contributed by atoms with Gasteiger partial charge in [-0.3, -0.25) is 0 Å². The molecule has 53 heavy (non-hydrogen) atoms. The molecule has 0 aromatic heterocycles. The Balaban J connectivity index is 1.15. The molecule has 0 saturated carbocycles. The van der Waals surface area contributed by atoms with Crippen molar-refractivity contribution >= 4 is 60.2 Å². The Hall–Kier alpha value is -6.96. The number of nitrogens with zero attached hydrogens (tertiary/aromatic N) is 1. The third-order valence-corrected chi connectivity index (χ3v) is 10.6. The average Bonchev–Trinajstić information content (AvgIpc) is 3.24. The minimum Gasteiger partial charge on any atom is -0.310 e. The quantitative estimate of drug-likeness (QED) is 0.159. The lowest BCUT2D eigenvalue weighted by atomic mass is 9.92. The summed E-state index contributed by atoms with van der Waals surface area (Å²) >= 11 is 0. The summed E-state index contributed by atoms with van der Waals surface area (Å²) < 4.78 is 0. The number of fused-ring (bicyclic) bond motifs is 6. The molecular weight excluding hydrogens is 639 g/mol. The van der Waals surface area contributed by atoms with Gasteiger partial charge in [-0.2, -0.15) is 0 Å². The summed E-state index contributed by atoms with van der Waals surface area (Å²) in [6.07, 6.45) is 0. The molecule has 0 aliphatic rings. The van der Waals surface area contributed by atoms with Crippen LogP contribution in [0.5, 0.6) is 0 Å². The van der Waals surface area contributed by atoms with E-state index in [0.29, 0.717) is 0 Å². The minimum absolute atomic E-state index is 1.11. The van der Waals surface area contributed by atoms with E-state index in [4.69, 9.17) is 0 Å². The smallest absolute Gasteiger partial charge is 0.0540 e. The highest BCUT2D eigenvalue weighted by Gasteiger charge is 2.19. The molecule has 0 saturated heterocycles. The Labute approximate surface area is 309 Å². The summed E-state index contributed by atoms with van der Waals surface area (Å²) in [5.41, 5.74) is 10.6. The second-order valence-electron chi connectivity index (χ2n) is 13.7. The van der Waals surface area contributed by atoms with E-state index in [2.05, 4.69) is 217 Å². The van der Waals surface area contributed by atoms with Gasteiger partial charge in [0, 0.05) is 16.8 Å². The van der Waals surface area contributed by atoms with Gasteiger partial charge >= 0.3 is 0 Å². The predicted molar refractivity (Wildman–Crippen MR) is 227 cm³/mol. The molecule has 248 valence electrons. The predicted octanol–water partition coefficient (Wildman–Crippen LogP) is 14.8. The van der Waals surface area contributed by atoms with Crippen molar-refractivity contribution in [2.24, 2.45) is 0 Å². The second kappa shape index (κ2) is 13.0. The van der Waals surface area contributed by atoms with Crippen LogP contribution in [-0.2, 0) is 0 Å². The molecule has 10 aromatic rings. The van der Waals surface area contributed by atoms with Gasteiger partial charge in [0.25, 0.3) is 0 Å². The molecule has 0 N–H and O–H groups in total. The first kappa shape index (κ1) is 30.8. The Morgan fingerprint density at radius 1 is 0.245 bits per heavy atom. The van der Waals surface area contributed by atoms with Crippen LogP contribution in [0.15, 0.2) is 212 Å². The van der Waals surface area contributed by atoms with E-state index in [-0.39, 0.29) is 0 Å². The molecule has 0 radical (unpaired) electrons. The van der Waals surface area contributed by atoms with Gasteiger partial charge in [0.05, 0.1) is 5.69 Å². The Kier molecular flexibility index (Phi) is 7.55. The molecule has 0 spiro atoms. The maximum Gasteiger partial charge on any atom is 0.0540 e. The highest BCUT2D eigenvalue weighted by Crippen LogP contribution is 2.44. The molecule has 10 aromatic carbocycles. The van der Waals surface area contributed by atoms with Crippen LogP contribution in [0.2, 0.25) is 0 Å². The van der Waals surface area contributed by atoms with Crippen molar-refractivity contribution in [2.45, 2.75) is 0 Å². The fourth-order valence-electron chi connectivity index (χ4n) is 8.03. The Bertz CT molecular complexity index is 2930. The van der Waals surface area contributed by atoms with Gasteiger partial charge in [-0.05, 0) is 107 Å². The average molecular weight is 674 g/mol.